The maximum atomic E-state index is 12.3. The van der Waals surface area contributed by atoms with Gasteiger partial charge in [0.1, 0.15) is 0 Å². The van der Waals surface area contributed by atoms with Gasteiger partial charge in [0.2, 0.25) is 0 Å². The summed E-state index contributed by atoms with van der Waals surface area (Å²) in [5.41, 5.74) is 3.21. The van der Waals surface area contributed by atoms with Gasteiger partial charge in [0, 0.05) is 25.8 Å². The fourth-order valence-electron chi connectivity index (χ4n) is 2.62. The Morgan fingerprint density at radius 2 is 1.95 bits per heavy atom. The van der Waals surface area contributed by atoms with Crippen LogP contribution in [-0.2, 0) is 19.6 Å². The number of amides is 2. The molecule has 0 saturated heterocycles. The van der Waals surface area contributed by atoms with Crippen molar-refractivity contribution in [3.63, 3.8) is 0 Å². The molecule has 1 aromatic heterocycles. The van der Waals surface area contributed by atoms with E-state index in [-0.39, 0.29) is 6.03 Å². The van der Waals surface area contributed by atoms with Crippen LogP contribution >= 0.6 is 0 Å². The molecule has 0 saturated carbocycles. The summed E-state index contributed by atoms with van der Waals surface area (Å²) in [6.07, 6.45) is 4.68. The molecule has 1 aromatic carbocycles. The number of aromatic nitrogens is 2. The molecule has 0 unspecified atom stereocenters. The van der Waals surface area contributed by atoms with Crippen molar-refractivity contribution in [2.45, 2.75) is 39.9 Å². The summed E-state index contributed by atoms with van der Waals surface area (Å²) < 4.78 is 1.88. The van der Waals surface area contributed by atoms with Gasteiger partial charge >= 0.3 is 6.03 Å². The first-order valence-corrected chi connectivity index (χ1v) is 7.77. The Morgan fingerprint density at radius 3 is 2.59 bits per heavy atom. The molecule has 5 heteroatoms. The molecule has 1 N–H and O–H groups in total. The number of anilines is 1. The lowest BCUT2D eigenvalue weighted by Crippen LogP contribution is -2.30. The number of benzene rings is 1. The minimum atomic E-state index is -0.0698. The molecular weight excluding hydrogens is 276 g/mol. The summed E-state index contributed by atoms with van der Waals surface area (Å²) >= 11 is 0. The smallest absolute Gasteiger partial charge is 0.316 e. The second-order valence-corrected chi connectivity index (χ2v) is 6.23. The number of carbonyl (C=O) groups is 1. The third kappa shape index (κ3) is 3.30. The molecule has 5 nitrogen and oxygen atoms in total. The number of aryl methyl sites for hydroxylation is 1. The Hall–Kier alpha value is -2.30. The largest absolute Gasteiger partial charge is 0.322 e. The van der Waals surface area contributed by atoms with Gasteiger partial charge in [0.05, 0.1) is 11.9 Å². The highest BCUT2D eigenvalue weighted by Crippen LogP contribution is 2.22. The first-order valence-electron chi connectivity index (χ1n) is 7.77. The molecule has 0 atom stereocenters. The first-order chi connectivity index (χ1) is 10.6. The zero-order chi connectivity index (χ0) is 15.5. The van der Waals surface area contributed by atoms with E-state index in [0.29, 0.717) is 19.0 Å². The zero-order valence-corrected chi connectivity index (χ0v) is 13.1. The highest BCUT2D eigenvalue weighted by molar-refractivity contribution is 5.89. The fraction of sp³-hybridized carbons (Fsp3) is 0.412. The van der Waals surface area contributed by atoms with Crippen molar-refractivity contribution in [1.82, 2.24) is 14.7 Å². The summed E-state index contributed by atoms with van der Waals surface area (Å²) in [5.74, 6) is 0.644. The SMILES string of the molecule is CC(C)CCn1cc(NC(=O)N2Cc3ccccc3C2)cn1. The molecule has 1 aliphatic rings. The van der Waals surface area contributed by atoms with E-state index in [1.54, 1.807) is 6.20 Å². The van der Waals surface area contributed by atoms with E-state index in [2.05, 4.69) is 36.4 Å². The van der Waals surface area contributed by atoms with E-state index in [1.165, 1.54) is 11.1 Å². The van der Waals surface area contributed by atoms with Gasteiger partial charge in [-0.15, -0.1) is 0 Å². The van der Waals surface area contributed by atoms with Crippen LogP contribution < -0.4 is 5.32 Å². The van der Waals surface area contributed by atoms with Gasteiger partial charge in [-0.1, -0.05) is 38.1 Å². The molecule has 0 bridgehead atoms. The molecule has 0 spiro atoms. The minimum Gasteiger partial charge on any atom is -0.316 e. The Bertz CT molecular complexity index is 637. The summed E-state index contributed by atoms with van der Waals surface area (Å²) in [7, 11) is 0. The second kappa shape index (κ2) is 6.22. The predicted octanol–water partition coefficient (Wildman–Crippen LogP) is 3.48. The van der Waals surface area contributed by atoms with Crippen LogP contribution in [0.3, 0.4) is 0 Å². The van der Waals surface area contributed by atoms with E-state index in [9.17, 15) is 4.79 Å². The molecule has 0 radical (unpaired) electrons. The van der Waals surface area contributed by atoms with E-state index in [0.717, 1.165) is 18.7 Å². The Balaban J connectivity index is 1.57. The van der Waals surface area contributed by atoms with Gasteiger partial charge in [-0.05, 0) is 23.5 Å². The summed E-state index contributed by atoms with van der Waals surface area (Å²) in [4.78, 5) is 14.2. The van der Waals surface area contributed by atoms with Crippen molar-refractivity contribution >= 4 is 11.7 Å². The van der Waals surface area contributed by atoms with Crippen LogP contribution in [0.2, 0.25) is 0 Å². The maximum absolute atomic E-state index is 12.3. The molecular formula is C17H22N4O. The molecule has 2 amide bonds. The topological polar surface area (TPSA) is 50.2 Å². The van der Waals surface area contributed by atoms with Gasteiger partial charge in [-0.25, -0.2) is 4.79 Å². The van der Waals surface area contributed by atoms with Gasteiger partial charge in [0.15, 0.2) is 0 Å². The lowest BCUT2D eigenvalue weighted by Gasteiger charge is -2.15. The predicted molar refractivity (Wildman–Crippen MR) is 86.4 cm³/mol. The molecule has 22 heavy (non-hydrogen) atoms. The molecule has 2 aromatic rings. The molecule has 0 aliphatic carbocycles. The van der Waals surface area contributed by atoms with Crippen LogP contribution in [0.1, 0.15) is 31.4 Å². The number of hydrogen-bond donors (Lipinski definition) is 1. The Morgan fingerprint density at radius 1 is 1.27 bits per heavy atom. The fourth-order valence-corrected chi connectivity index (χ4v) is 2.62. The second-order valence-electron chi connectivity index (χ2n) is 6.23. The highest BCUT2D eigenvalue weighted by Gasteiger charge is 2.23. The number of carbonyl (C=O) groups excluding carboxylic acids is 1. The van der Waals surface area contributed by atoms with Crippen molar-refractivity contribution in [3.05, 3.63) is 47.8 Å². The molecule has 2 heterocycles. The first kappa shape index (κ1) is 14.6. The normalized spacial score (nSPS) is 13.5. The van der Waals surface area contributed by atoms with E-state index >= 15 is 0 Å². The number of urea groups is 1. The summed E-state index contributed by atoms with van der Waals surface area (Å²) in [6, 6.07) is 8.11. The molecule has 116 valence electrons. The van der Waals surface area contributed by atoms with Gasteiger partial charge in [-0.2, -0.15) is 5.10 Å². The van der Waals surface area contributed by atoms with Crippen LogP contribution in [0.15, 0.2) is 36.7 Å². The van der Waals surface area contributed by atoms with E-state index in [4.69, 9.17) is 0 Å². The van der Waals surface area contributed by atoms with Crippen LogP contribution in [-0.4, -0.2) is 20.7 Å². The third-order valence-corrected chi connectivity index (χ3v) is 3.95. The molecule has 3 rings (SSSR count). The van der Waals surface area contributed by atoms with Crippen molar-refractivity contribution in [2.24, 2.45) is 5.92 Å². The standard InChI is InChI=1S/C17H22N4O/c1-13(2)7-8-21-12-16(9-18-21)19-17(22)20-10-14-5-3-4-6-15(14)11-20/h3-6,9,12-13H,7-8,10-11H2,1-2H3,(H,19,22). The Kier molecular flexibility index (Phi) is 4.13. The van der Waals surface area contributed by atoms with Crippen molar-refractivity contribution in [2.75, 3.05) is 5.32 Å². The molecule has 0 fully saturated rings. The highest BCUT2D eigenvalue weighted by atomic mass is 16.2. The zero-order valence-electron chi connectivity index (χ0n) is 13.1. The summed E-state index contributed by atoms with van der Waals surface area (Å²) in [5, 5.41) is 7.22. The number of rotatable bonds is 4. The van der Waals surface area contributed by atoms with Crippen molar-refractivity contribution < 1.29 is 4.79 Å². The average molecular weight is 298 g/mol. The van der Waals surface area contributed by atoms with Crippen molar-refractivity contribution in [1.29, 1.82) is 0 Å². The summed E-state index contributed by atoms with van der Waals surface area (Å²) in [6.45, 7) is 6.60. The van der Waals surface area contributed by atoms with Gasteiger partial charge < -0.3 is 10.2 Å². The monoisotopic (exact) mass is 298 g/mol. The van der Waals surface area contributed by atoms with Gasteiger partial charge in [0.25, 0.3) is 0 Å². The quantitative estimate of drug-likeness (QED) is 0.939. The lowest BCUT2D eigenvalue weighted by molar-refractivity contribution is 0.212. The van der Waals surface area contributed by atoms with Crippen LogP contribution in [0.25, 0.3) is 0 Å². The molecule has 1 aliphatic heterocycles. The lowest BCUT2D eigenvalue weighted by atomic mass is 10.1. The number of hydrogen-bond acceptors (Lipinski definition) is 2. The maximum Gasteiger partial charge on any atom is 0.322 e. The number of nitrogens with zero attached hydrogens (tertiary/aromatic N) is 3. The van der Waals surface area contributed by atoms with Crippen molar-refractivity contribution in [3.8, 4) is 0 Å². The third-order valence-electron chi connectivity index (χ3n) is 3.95. The van der Waals surface area contributed by atoms with E-state index in [1.807, 2.05) is 27.9 Å². The van der Waals surface area contributed by atoms with Gasteiger partial charge in [-0.3, -0.25) is 4.68 Å². The van der Waals surface area contributed by atoms with E-state index < -0.39 is 0 Å². The van der Waals surface area contributed by atoms with Crippen LogP contribution in [0.4, 0.5) is 10.5 Å². The minimum absolute atomic E-state index is 0.0698. The van der Waals surface area contributed by atoms with Crippen LogP contribution in [0, 0.1) is 5.92 Å². The van der Waals surface area contributed by atoms with Crippen LogP contribution in [0.5, 0.6) is 0 Å². The average Bonchev–Trinajstić information content (AvgIpc) is 3.11. The Labute approximate surface area is 130 Å². The number of fused-ring (bicyclic) bond motifs is 1. The number of nitrogens with one attached hydrogen (secondary N) is 1.